The topological polar surface area (TPSA) is 0 Å². The summed E-state index contributed by atoms with van der Waals surface area (Å²) >= 11 is 0. The average molecular weight is 160 g/mol. The molecule has 1 atom stereocenters. The molecule has 0 radical (unpaired) electrons. The summed E-state index contributed by atoms with van der Waals surface area (Å²) < 4.78 is 0. The van der Waals surface area contributed by atoms with Crippen LogP contribution in [0.1, 0.15) is 30.9 Å². The molecule has 2 rings (SSSR count). The maximum absolute atomic E-state index is 2.30. The quantitative estimate of drug-likeness (QED) is 0.592. The minimum absolute atomic E-state index is 0.944. The molecule has 64 valence electrons. The van der Waals surface area contributed by atoms with Crippen LogP contribution in [0.4, 0.5) is 0 Å². The molecule has 0 saturated heterocycles. The van der Waals surface area contributed by atoms with Crippen molar-refractivity contribution in [3.63, 3.8) is 0 Å². The van der Waals surface area contributed by atoms with E-state index in [9.17, 15) is 0 Å². The Morgan fingerprint density at radius 2 is 2.00 bits per heavy atom. The molecule has 1 unspecified atom stereocenters. The van der Waals surface area contributed by atoms with Gasteiger partial charge >= 0.3 is 0 Å². The SMILES string of the molecule is CCC1CCc2ccccc2C1. The first-order valence-electron chi connectivity index (χ1n) is 4.97. The molecular formula is C12H16. The van der Waals surface area contributed by atoms with Crippen LogP contribution in [0, 0.1) is 5.92 Å². The van der Waals surface area contributed by atoms with Crippen LogP contribution >= 0.6 is 0 Å². The lowest BCUT2D eigenvalue weighted by Crippen LogP contribution is -2.12. The van der Waals surface area contributed by atoms with Crippen LogP contribution < -0.4 is 0 Å². The van der Waals surface area contributed by atoms with Gasteiger partial charge in [0.25, 0.3) is 0 Å². The van der Waals surface area contributed by atoms with Gasteiger partial charge in [-0.3, -0.25) is 0 Å². The average Bonchev–Trinajstić information content (AvgIpc) is 2.17. The van der Waals surface area contributed by atoms with Gasteiger partial charge in [-0.15, -0.1) is 0 Å². The summed E-state index contributed by atoms with van der Waals surface area (Å²) in [6, 6.07) is 8.89. The van der Waals surface area contributed by atoms with Gasteiger partial charge in [-0.25, -0.2) is 0 Å². The van der Waals surface area contributed by atoms with Gasteiger partial charge in [0.05, 0.1) is 0 Å². The summed E-state index contributed by atoms with van der Waals surface area (Å²) in [5.74, 6) is 0.944. The third kappa shape index (κ3) is 1.38. The van der Waals surface area contributed by atoms with Gasteiger partial charge in [0.15, 0.2) is 0 Å². The van der Waals surface area contributed by atoms with Crippen molar-refractivity contribution in [1.82, 2.24) is 0 Å². The van der Waals surface area contributed by atoms with Crippen LogP contribution in [-0.2, 0) is 12.8 Å². The number of benzene rings is 1. The van der Waals surface area contributed by atoms with Gasteiger partial charge in [-0.1, -0.05) is 37.6 Å². The number of rotatable bonds is 1. The summed E-state index contributed by atoms with van der Waals surface area (Å²) in [4.78, 5) is 0. The fourth-order valence-electron chi connectivity index (χ4n) is 2.12. The third-order valence-electron chi connectivity index (χ3n) is 3.03. The molecule has 0 aromatic heterocycles. The summed E-state index contributed by atoms with van der Waals surface area (Å²) in [6.45, 7) is 2.30. The van der Waals surface area contributed by atoms with Crippen molar-refractivity contribution in [2.24, 2.45) is 5.92 Å². The lowest BCUT2D eigenvalue weighted by molar-refractivity contribution is 0.445. The normalized spacial score (nSPS) is 21.9. The van der Waals surface area contributed by atoms with Crippen molar-refractivity contribution in [3.05, 3.63) is 35.4 Å². The lowest BCUT2D eigenvalue weighted by Gasteiger charge is -2.23. The zero-order chi connectivity index (χ0) is 8.39. The van der Waals surface area contributed by atoms with Crippen LogP contribution in [0.2, 0.25) is 0 Å². The maximum atomic E-state index is 2.30. The minimum atomic E-state index is 0.944. The molecule has 0 saturated carbocycles. The zero-order valence-electron chi connectivity index (χ0n) is 7.72. The van der Waals surface area contributed by atoms with Crippen molar-refractivity contribution < 1.29 is 0 Å². The largest absolute Gasteiger partial charge is 0.0651 e. The van der Waals surface area contributed by atoms with Gasteiger partial charge in [0.2, 0.25) is 0 Å². The van der Waals surface area contributed by atoms with E-state index in [1.165, 1.54) is 25.7 Å². The number of fused-ring (bicyclic) bond motifs is 1. The molecule has 0 nitrogen and oxygen atoms in total. The van der Waals surface area contributed by atoms with Crippen molar-refractivity contribution >= 4 is 0 Å². The van der Waals surface area contributed by atoms with E-state index in [0.29, 0.717) is 0 Å². The molecule has 1 aromatic carbocycles. The first kappa shape index (κ1) is 7.85. The molecule has 0 amide bonds. The van der Waals surface area contributed by atoms with E-state index in [0.717, 1.165) is 5.92 Å². The zero-order valence-corrected chi connectivity index (χ0v) is 7.72. The highest BCUT2D eigenvalue weighted by Crippen LogP contribution is 2.26. The summed E-state index contributed by atoms with van der Waals surface area (Å²) in [6.07, 6.45) is 5.35. The fourth-order valence-corrected chi connectivity index (χ4v) is 2.12. The van der Waals surface area contributed by atoms with E-state index in [-0.39, 0.29) is 0 Å². The Hall–Kier alpha value is -0.780. The van der Waals surface area contributed by atoms with Crippen LogP contribution in [0.5, 0.6) is 0 Å². The van der Waals surface area contributed by atoms with E-state index in [2.05, 4.69) is 31.2 Å². The monoisotopic (exact) mass is 160 g/mol. The molecule has 1 aromatic rings. The lowest BCUT2D eigenvalue weighted by atomic mass is 9.83. The highest BCUT2D eigenvalue weighted by molar-refractivity contribution is 5.29. The summed E-state index contributed by atoms with van der Waals surface area (Å²) in [5.41, 5.74) is 3.18. The van der Waals surface area contributed by atoms with E-state index in [1.807, 2.05) is 0 Å². The highest BCUT2D eigenvalue weighted by atomic mass is 14.2. The Kier molecular flexibility index (Phi) is 2.16. The Morgan fingerprint density at radius 1 is 1.25 bits per heavy atom. The van der Waals surface area contributed by atoms with Gasteiger partial charge in [0.1, 0.15) is 0 Å². The van der Waals surface area contributed by atoms with Crippen molar-refractivity contribution in [2.45, 2.75) is 32.6 Å². The van der Waals surface area contributed by atoms with Crippen LogP contribution in [0.15, 0.2) is 24.3 Å². The Morgan fingerprint density at radius 3 is 2.75 bits per heavy atom. The molecule has 1 aliphatic carbocycles. The maximum Gasteiger partial charge on any atom is -0.0248 e. The number of hydrogen-bond acceptors (Lipinski definition) is 0. The van der Waals surface area contributed by atoms with E-state index >= 15 is 0 Å². The van der Waals surface area contributed by atoms with Gasteiger partial charge in [-0.2, -0.15) is 0 Å². The predicted octanol–water partition coefficient (Wildman–Crippen LogP) is 3.20. The Bertz CT molecular complexity index is 262. The smallest absolute Gasteiger partial charge is 0.0248 e. The molecule has 0 heteroatoms. The summed E-state index contributed by atoms with van der Waals surface area (Å²) in [7, 11) is 0. The third-order valence-corrected chi connectivity index (χ3v) is 3.03. The van der Waals surface area contributed by atoms with Crippen molar-refractivity contribution in [2.75, 3.05) is 0 Å². The molecule has 12 heavy (non-hydrogen) atoms. The van der Waals surface area contributed by atoms with Gasteiger partial charge in [-0.05, 0) is 36.3 Å². The molecule has 0 N–H and O–H groups in total. The molecule has 0 heterocycles. The second kappa shape index (κ2) is 3.30. The molecule has 1 aliphatic rings. The van der Waals surface area contributed by atoms with Crippen molar-refractivity contribution in [3.8, 4) is 0 Å². The van der Waals surface area contributed by atoms with Crippen LogP contribution in [0.3, 0.4) is 0 Å². The first-order valence-corrected chi connectivity index (χ1v) is 4.97. The molecule has 0 bridgehead atoms. The molecule has 0 aliphatic heterocycles. The molecular weight excluding hydrogens is 144 g/mol. The Balaban J connectivity index is 2.23. The van der Waals surface area contributed by atoms with Crippen LogP contribution in [-0.4, -0.2) is 0 Å². The number of aryl methyl sites for hydroxylation is 1. The predicted molar refractivity (Wildman–Crippen MR) is 52.2 cm³/mol. The van der Waals surface area contributed by atoms with Crippen molar-refractivity contribution in [1.29, 1.82) is 0 Å². The van der Waals surface area contributed by atoms with Gasteiger partial charge in [0, 0.05) is 0 Å². The van der Waals surface area contributed by atoms with E-state index in [1.54, 1.807) is 11.1 Å². The summed E-state index contributed by atoms with van der Waals surface area (Å²) in [5, 5.41) is 0. The molecule has 0 spiro atoms. The second-order valence-corrected chi connectivity index (χ2v) is 3.79. The highest BCUT2D eigenvalue weighted by Gasteiger charge is 2.15. The first-order chi connectivity index (χ1) is 5.90. The Labute approximate surface area is 74.6 Å². The van der Waals surface area contributed by atoms with E-state index < -0.39 is 0 Å². The van der Waals surface area contributed by atoms with Crippen LogP contribution in [0.25, 0.3) is 0 Å². The molecule has 0 fully saturated rings. The van der Waals surface area contributed by atoms with E-state index in [4.69, 9.17) is 0 Å². The minimum Gasteiger partial charge on any atom is -0.0651 e. The van der Waals surface area contributed by atoms with Gasteiger partial charge < -0.3 is 0 Å². The number of hydrogen-bond donors (Lipinski definition) is 0. The fraction of sp³-hybridized carbons (Fsp3) is 0.500. The second-order valence-electron chi connectivity index (χ2n) is 3.79. The standard InChI is InChI=1S/C12H16/c1-2-10-7-8-11-5-3-4-6-12(11)9-10/h3-6,10H,2,7-9H2,1H3.